The number of likely N-dealkylation sites (tertiary alicyclic amines) is 1. The normalized spacial score (nSPS) is 14.3. The fourth-order valence-electron chi connectivity index (χ4n) is 3.63. The van der Waals surface area contributed by atoms with Gasteiger partial charge in [-0.2, -0.15) is 5.10 Å². The highest BCUT2D eigenvalue weighted by Crippen LogP contribution is 2.26. The molecule has 1 aromatic carbocycles. The molecule has 0 bridgehead atoms. The van der Waals surface area contributed by atoms with E-state index in [0.29, 0.717) is 48.7 Å². The summed E-state index contributed by atoms with van der Waals surface area (Å²) in [5.74, 6) is 0.795. The Morgan fingerprint density at radius 2 is 1.97 bits per heavy atom. The van der Waals surface area contributed by atoms with Crippen molar-refractivity contribution in [2.24, 2.45) is 0 Å². The number of hydrogen-bond donors (Lipinski definition) is 2. The molecule has 3 aromatic rings. The molecule has 3 heterocycles. The molecule has 1 saturated heterocycles. The molecule has 0 spiro atoms. The monoisotopic (exact) mass is 440 g/mol. The molecular weight excluding hydrogens is 416 g/mol. The average molecular weight is 441 g/mol. The van der Waals surface area contributed by atoms with E-state index in [4.69, 9.17) is 9.47 Å². The summed E-state index contributed by atoms with van der Waals surface area (Å²) in [7, 11) is 3.09. The van der Waals surface area contributed by atoms with Crippen LogP contribution in [0.1, 0.15) is 33.7 Å². The van der Waals surface area contributed by atoms with Crippen molar-refractivity contribution >= 4 is 23.2 Å². The van der Waals surface area contributed by atoms with Gasteiger partial charge in [0.05, 0.1) is 30.4 Å². The highest BCUT2D eigenvalue weighted by atomic mass is 32.1. The quantitative estimate of drug-likeness (QED) is 0.614. The smallest absolute Gasteiger partial charge is 0.274 e. The van der Waals surface area contributed by atoms with Gasteiger partial charge >= 0.3 is 0 Å². The Labute approximate surface area is 184 Å². The molecule has 0 saturated carbocycles. The number of aromatic amines is 1. The number of carbonyl (C=O) groups is 2. The number of methoxy groups -OCH3 is 2. The Balaban J connectivity index is 1.33. The van der Waals surface area contributed by atoms with Crippen LogP contribution in [0.15, 0.2) is 41.8 Å². The van der Waals surface area contributed by atoms with E-state index in [0.717, 1.165) is 10.6 Å². The predicted molar refractivity (Wildman–Crippen MR) is 118 cm³/mol. The molecule has 0 radical (unpaired) electrons. The van der Waals surface area contributed by atoms with E-state index in [9.17, 15) is 9.59 Å². The van der Waals surface area contributed by atoms with Crippen molar-refractivity contribution in [3.8, 4) is 22.1 Å². The van der Waals surface area contributed by atoms with Crippen LogP contribution >= 0.6 is 11.3 Å². The second-order valence-corrected chi connectivity index (χ2v) is 8.20. The minimum Gasteiger partial charge on any atom is -0.497 e. The number of benzene rings is 1. The van der Waals surface area contributed by atoms with E-state index in [1.54, 1.807) is 47.6 Å². The molecule has 2 amide bonds. The van der Waals surface area contributed by atoms with Gasteiger partial charge in [0.25, 0.3) is 11.8 Å². The van der Waals surface area contributed by atoms with Gasteiger partial charge in [-0.1, -0.05) is 6.07 Å². The largest absolute Gasteiger partial charge is 0.497 e. The van der Waals surface area contributed by atoms with Crippen LogP contribution < -0.4 is 14.8 Å². The number of thiophene rings is 1. The molecule has 162 valence electrons. The van der Waals surface area contributed by atoms with Crippen LogP contribution in [0.3, 0.4) is 0 Å². The van der Waals surface area contributed by atoms with Crippen LogP contribution in [-0.4, -0.2) is 60.3 Å². The zero-order valence-electron chi connectivity index (χ0n) is 17.4. The molecule has 2 N–H and O–H groups in total. The summed E-state index contributed by atoms with van der Waals surface area (Å²) < 4.78 is 10.5. The second-order valence-electron chi connectivity index (χ2n) is 7.25. The van der Waals surface area contributed by atoms with E-state index in [2.05, 4.69) is 15.5 Å². The minimum absolute atomic E-state index is 0.00998. The molecule has 31 heavy (non-hydrogen) atoms. The van der Waals surface area contributed by atoms with Gasteiger partial charge in [0.15, 0.2) is 5.69 Å². The number of rotatable bonds is 6. The van der Waals surface area contributed by atoms with Crippen LogP contribution in [0.2, 0.25) is 0 Å². The number of amides is 2. The summed E-state index contributed by atoms with van der Waals surface area (Å²) in [5, 5.41) is 12.2. The Hall–Kier alpha value is -3.33. The number of nitrogens with one attached hydrogen (secondary N) is 2. The molecular formula is C22H24N4O4S. The summed E-state index contributed by atoms with van der Waals surface area (Å²) >= 11 is 1.59. The zero-order chi connectivity index (χ0) is 21.8. The van der Waals surface area contributed by atoms with Crippen molar-refractivity contribution in [2.75, 3.05) is 27.3 Å². The molecule has 0 atom stereocenters. The standard InChI is InChI=1S/C22H24N4O4S/c1-29-15-5-6-16(19(12-15)30-2)21(27)23-14-7-9-26(10-8-14)22(28)18-13-17(24-25-18)20-4-3-11-31-20/h3-6,11-14H,7-10H2,1-2H3,(H,23,27)(H,24,25). The Bertz CT molecular complexity index is 1060. The van der Waals surface area contributed by atoms with Gasteiger partial charge < -0.3 is 19.7 Å². The van der Waals surface area contributed by atoms with Crippen LogP contribution in [0.25, 0.3) is 10.6 Å². The Morgan fingerprint density at radius 1 is 1.16 bits per heavy atom. The number of H-pyrrole nitrogens is 1. The Morgan fingerprint density at radius 3 is 2.65 bits per heavy atom. The number of ether oxygens (including phenoxy) is 2. The van der Waals surface area contributed by atoms with Crippen molar-refractivity contribution < 1.29 is 19.1 Å². The Kier molecular flexibility index (Phi) is 6.22. The lowest BCUT2D eigenvalue weighted by Crippen LogP contribution is -2.46. The summed E-state index contributed by atoms with van der Waals surface area (Å²) in [6.07, 6.45) is 1.36. The van der Waals surface area contributed by atoms with Gasteiger partial charge in [0, 0.05) is 25.2 Å². The van der Waals surface area contributed by atoms with Crippen molar-refractivity contribution in [2.45, 2.75) is 18.9 Å². The van der Waals surface area contributed by atoms with Gasteiger partial charge in [0.1, 0.15) is 11.5 Å². The topological polar surface area (TPSA) is 96.6 Å². The lowest BCUT2D eigenvalue weighted by molar-refractivity contribution is 0.0692. The third-order valence-electron chi connectivity index (χ3n) is 5.35. The van der Waals surface area contributed by atoms with Gasteiger partial charge in [-0.25, -0.2) is 0 Å². The van der Waals surface area contributed by atoms with E-state index in [1.807, 2.05) is 17.5 Å². The fourth-order valence-corrected chi connectivity index (χ4v) is 4.32. The molecule has 4 rings (SSSR count). The van der Waals surface area contributed by atoms with Crippen LogP contribution in [0, 0.1) is 0 Å². The maximum absolute atomic E-state index is 12.8. The van der Waals surface area contributed by atoms with E-state index in [1.165, 1.54) is 7.11 Å². The maximum atomic E-state index is 12.8. The number of nitrogens with zero attached hydrogens (tertiary/aromatic N) is 2. The van der Waals surface area contributed by atoms with E-state index < -0.39 is 0 Å². The molecule has 8 nitrogen and oxygen atoms in total. The number of piperidine rings is 1. The number of carbonyl (C=O) groups excluding carboxylic acids is 2. The van der Waals surface area contributed by atoms with Gasteiger partial charge in [-0.3, -0.25) is 14.7 Å². The first kappa shape index (κ1) is 20.9. The van der Waals surface area contributed by atoms with Crippen LogP contribution in [0.4, 0.5) is 0 Å². The number of hydrogen-bond acceptors (Lipinski definition) is 6. The first-order valence-corrected chi connectivity index (χ1v) is 10.9. The van der Waals surface area contributed by atoms with Crippen molar-refractivity contribution in [3.05, 3.63) is 53.0 Å². The van der Waals surface area contributed by atoms with Gasteiger partial charge in [0.2, 0.25) is 0 Å². The summed E-state index contributed by atoms with van der Waals surface area (Å²) in [5.41, 5.74) is 1.71. The lowest BCUT2D eigenvalue weighted by atomic mass is 10.0. The molecule has 1 aliphatic rings. The zero-order valence-corrected chi connectivity index (χ0v) is 18.2. The summed E-state index contributed by atoms with van der Waals surface area (Å²) in [6.45, 7) is 1.12. The number of aromatic nitrogens is 2. The highest BCUT2D eigenvalue weighted by molar-refractivity contribution is 7.13. The van der Waals surface area contributed by atoms with Gasteiger partial charge in [-0.05, 0) is 42.5 Å². The second kappa shape index (κ2) is 9.22. The van der Waals surface area contributed by atoms with Crippen molar-refractivity contribution in [1.82, 2.24) is 20.4 Å². The fraction of sp³-hybridized carbons (Fsp3) is 0.318. The highest BCUT2D eigenvalue weighted by Gasteiger charge is 2.27. The maximum Gasteiger partial charge on any atom is 0.274 e. The van der Waals surface area contributed by atoms with Gasteiger partial charge in [-0.15, -0.1) is 11.3 Å². The first-order chi connectivity index (χ1) is 15.1. The summed E-state index contributed by atoms with van der Waals surface area (Å²) in [4.78, 5) is 28.4. The van der Waals surface area contributed by atoms with Crippen LogP contribution in [-0.2, 0) is 0 Å². The lowest BCUT2D eigenvalue weighted by Gasteiger charge is -2.32. The minimum atomic E-state index is -0.197. The van der Waals surface area contributed by atoms with E-state index in [-0.39, 0.29) is 17.9 Å². The molecule has 0 unspecified atom stereocenters. The predicted octanol–water partition coefficient (Wildman–Crippen LogP) is 3.19. The van der Waals surface area contributed by atoms with Crippen molar-refractivity contribution in [3.63, 3.8) is 0 Å². The van der Waals surface area contributed by atoms with E-state index >= 15 is 0 Å². The molecule has 9 heteroatoms. The molecule has 0 aliphatic carbocycles. The third kappa shape index (κ3) is 4.56. The van der Waals surface area contributed by atoms with Crippen molar-refractivity contribution in [1.29, 1.82) is 0 Å². The van der Waals surface area contributed by atoms with Crippen LogP contribution in [0.5, 0.6) is 11.5 Å². The SMILES string of the molecule is COc1ccc(C(=O)NC2CCN(C(=O)c3cc(-c4cccs4)[nH]n3)CC2)c(OC)c1. The molecule has 1 aliphatic heterocycles. The first-order valence-electron chi connectivity index (χ1n) is 10.0. The average Bonchev–Trinajstić information content (AvgIpc) is 3.50. The molecule has 1 fully saturated rings. The third-order valence-corrected chi connectivity index (χ3v) is 6.26. The summed E-state index contributed by atoms with van der Waals surface area (Å²) in [6, 6.07) is 10.8. The molecule has 2 aromatic heterocycles.